The van der Waals surface area contributed by atoms with Crippen molar-refractivity contribution < 1.29 is 51.6 Å². The molecule has 14 heteroatoms. The number of piperazine rings is 1. The summed E-state index contributed by atoms with van der Waals surface area (Å²) in [6.07, 6.45) is 4.52. The first-order chi connectivity index (χ1) is 20.0. The number of ether oxygens (including phenoxy) is 1. The van der Waals surface area contributed by atoms with Gasteiger partial charge in [-0.2, -0.15) is 4.39 Å². The number of anilines is 2. The molecule has 1 N–H and O–H groups in total. The molecule has 43 heavy (non-hydrogen) atoms. The average molecular weight is 726 g/mol. The smallest absolute Gasteiger partial charge is 0.277 e. The van der Waals surface area contributed by atoms with E-state index in [0.717, 1.165) is 0 Å². The van der Waals surface area contributed by atoms with E-state index >= 15 is 0 Å². The Morgan fingerprint density at radius 3 is 2.37 bits per heavy atom. The zero-order valence-electron chi connectivity index (χ0n) is 24.1. The van der Waals surface area contributed by atoms with Crippen LogP contribution in [-0.2, 0) is 4.79 Å². The van der Waals surface area contributed by atoms with E-state index < -0.39 is 11.6 Å². The minimum absolute atomic E-state index is 0. The van der Waals surface area contributed by atoms with Crippen molar-refractivity contribution in [3.05, 3.63) is 71.1 Å². The Balaban J connectivity index is 0.00000423. The number of imidazole rings is 1. The minimum Gasteiger partial charge on any atom is -1.00 e. The van der Waals surface area contributed by atoms with Crippen LogP contribution in [0.15, 0.2) is 48.9 Å². The Hall–Kier alpha value is -3.56. The molecule has 3 heterocycles. The summed E-state index contributed by atoms with van der Waals surface area (Å²) in [5, 5.41) is 3.39. The molecule has 0 saturated carbocycles. The summed E-state index contributed by atoms with van der Waals surface area (Å²) in [5.74, 6) is -2.12. The molecule has 0 unspecified atom stereocenters. The molecule has 0 aliphatic carbocycles. The van der Waals surface area contributed by atoms with Gasteiger partial charge in [0.2, 0.25) is 5.82 Å². The lowest BCUT2D eigenvalue weighted by Crippen LogP contribution is -3.00. The van der Waals surface area contributed by atoms with Crippen molar-refractivity contribution >= 4 is 40.6 Å². The monoisotopic (exact) mass is 725 g/mol. The maximum Gasteiger partial charge on any atom is 0.277 e. The summed E-state index contributed by atoms with van der Waals surface area (Å²) >= 11 is 6.54. The maximum absolute atomic E-state index is 14.8. The predicted molar refractivity (Wildman–Crippen MR) is 155 cm³/mol. The number of nitrogens with zero attached hydrogens (tertiary/aromatic N) is 6. The first-order valence-electron chi connectivity index (χ1n) is 13.3. The number of carbonyl (C=O) groups is 2. The van der Waals surface area contributed by atoms with E-state index in [1.54, 1.807) is 38.6 Å². The fraction of sp³-hybridized carbons (Fsp3) is 0.310. The summed E-state index contributed by atoms with van der Waals surface area (Å²) < 4.78 is 36.1. The number of halogens is 4. The van der Waals surface area contributed by atoms with E-state index in [-0.39, 0.29) is 52.1 Å². The number of fused-ring (bicyclic) bond motifs is 1. The number of quaternary nitrogens is 1. The third-order valence-electron chi connectivity index (χ3n) is 6.96. The summed E-state index contributed by atoms with van der Waals surface area (Å²) in [6, 6.07) is 7.72. The van der Waals surface area contributed by atoms with E-state index in [1.165, 1.54) is 31.6 Å². The van der Waals surface area contributed by atoms with Crippen LogP contribution in [0.1, 0.15) is 10.4 Å². The highest BCUT2D eigenvalue weighted by Crippen LogP contribution is 2.32. The topological polar surface area (TPSA) is 92.1 Å². The molecule has 2 amide bonds. The fourth-order valence-electron chi connectivity index (χ4n) is 4.83. The highest BCUT2D eigenvalue weighted by Gasteiger charge is 2.28. The number of hydrogen-bond acceptors (Lipinski definition) is 6. The van der Waals surface area contributed by atoms with Gasteiger partial charge in [0.1, 0.15) is 0 Å². The first kappa shape index (κ1) is 32.4. The van der Waals surface area contributed by atoms with Crippen molar-refractivity contribution in [3.63, 3.8) is 0 Å². The van der Waals surface area contributed by atoms with Crippen LogP contribution in [0.2, 0.25) is 5.02 Å². The van der Waals surface area contributed by atoms with Crippen LogP contribution in [0.4, 0.5) is 20.3 Å². The van der Waals surface area contributed by atoms with E-state index in [4.69, 9.17) is 16.3 Å². The zero-order chi connectivity index (χ0) is 30.2. The molecule has 1 saturated heterocycles. The number of hydrogen-bond donors (Lipinski definition) is 1. The Bertz CT molecular complexity index is 1670. The Morgan fingerprint density at radius 2 is 1.72 bits per heavy atom. The zero-order valence-corrected chi connectivity index (χ0v) is 27.0. The molecule has 4 aromatic rings. The standard InChI is InChI=1S/C29H30ClF2N7O3.HI/c1-39(2,3)17-24(40)36-11-13-37(14-12-36)29(41)19-6-5-18(15-21(19)30)35-27-28-34-16-22(38(28)10-9-33-27)20-7-8-23(42-4)26(32)25(20)31;/h5-10,15-16H,11-14,17H2,1-4H3;1H. The summed E-state index contributed by atoms with van der Waals surface area (Å²) in [4.78, 5) is 38.0. The third kappa shape index (κ3) is 6.83. The van der Waals surface area contributed by atoms with Crippen molar-refractivity contribution in [2.24, 2.45) is 0 Å². The number of methoxy groups -OCH3 is 1. The van der Waals surface area contributed by atoms with Crippen molar-refractivity contribution in [2.75, 3.05) is 66.3 Å². The van der Waals surface area contributed by atoms with Gasteiger partial charge in [-0.15, -0.1) is 0 Å². The second kappa shape index (κ2) is 13.0. The van der Waals surface area contributed by atoms with Crippen LogP contribution in [0.5, 0.6) is 5.75 Å². The van der Waals surface area contributed by atoms with Gasteiger partial charge >= 0.3 is 0 Å². The SMILES string of the molecule is COc1ccc(-c2cnc3c(Nc4ccc(C(=O)N5CCN(C(=O)C[N+](C)(C)C)CC5)c(Cl)c4)nccn23)c(F)c1F.[I-]. The highest BCUT2D eigenvalue weighted by atomic mass is 127. The van der Waals surface area contributed by atoms with Gasteiger partial charge in [-0.1, -0.05) is 11.6 Å². The van der Waals surface area contributed by atoms with E-state index in [1.807, 2.05) is 21.1 Å². The number of benzene rings is 2. The molecule has 1 fully saturated rings. The number of carbonyl (C=O) groups excluding carboxylic acids is 2. The highest BCUT2D eigenvalue weighted by molar-refractivity contribution is 6.34. The van der Waals surface area contributed by atoms with Crippen LogP contribution < -0.4 is 34.0 Å². The van der Waals surface area contributed by atoms with Crippen molar-refractivity contribution in [3.8, 4) is 17.0 Å². The number of rotatable bonds is 7. The quantitative estimate of drug-likeness (QED) is 0.227. The van der Waals surface area contributed by atoms with Crippen molar-refractivity contribution in [1.29, 1.82) is 0 Å². The Labute approximate surface area is 269 Å². The number of amides is 2. The summed E-state index contributed by atoms with van der Waals surface area (Å²) in [7, 11) is 7.16. The van der Waals surface area contributed by atoms with Crippen LogP contribution >= 0.6 is 11.6 Å². The lowest BCUT2D eigenvalue weighted by molar-refractivity contribution is -0.862. The molecule has 1 aliphatic rings. The minimum atomic E-state index is -1.09. The Morgan fingerprint density at radius 1 is 1.02 bits per heavy atom. The normalized spacial score (nSPS) is 13.6. The molecule has 1 aliphatic heterocycles. The molecular weight excluding hydrogens is 695 g/mol. The summed E-state index contributed by atoms with van der Waals surface area (Å²) in [5.41, 5.74) is 1.62. The second-order valence-electron chi connectivity index (χ2n) is 11.0. The second-order valence-corrected chi connectivity index (χ2v) is 11.4. The number of nitrogens with one attached hydrogen (secondary N) is 1. The molecule has 2 aromatic carbocycles. The van der Waals surface area contributed by atoms with Gasteiger partial charge in [-0.25, -0.2) is 14.4 Å². The van der Waals surface area contributed by atoms with E-state index in [0.29, 0.717) is 65.6 Å². The fourth-order valence-corrected chi connectivity index (χ4v) is 5.09. The largest absolute Gasteiger partial charge is 1.00 e. The predicted octanol–water partition coefficient (Wildman–Crippen LogP) is 1.07. The molecule has 0 atom stereocenters. The van der Waals surface area contributed by atoms with Crippen LogP contribution in [0.3, 0.4) is 0 Å². The van der Waals surface area contributed by atoms with Crippen molar-refractivity contribution in [1.82, 2.24) is 24.2 Å². The maximum atomic E-state index is 14.8. The number of aromatic nitrogens is 3. The molecule has 2 aromatic heterocycles. The van der Waals surface area contributed by atoms with Gasteiger partial charge in [0.15, 0.2) is 29.6 Å². The first-order valence-corrected chi connectivity index (χ1v) is 13.6. The van der Waals surface area contributed by atoms with Gasteiger partial charge in [-0.05, 0) is 30.3 Å². The van der Waals surface area contributed by atoms with Gasteiger partial charge in [0.25, 0.3) is 11.8 Å². The van der Waals surface area contributed by atoms with Crippen molar-refractivity contribution in [2.45, 2.75) is 0 Å². The molecule has 0 radical (unpaired) electrons. The van der Waals surface area contributed by atoms with E-state index in [2.05, 4.69) is 15.3 Å². The Kier molecular flexibility index (Phi) is 9.76. The molecular formula is C29H31ClF2IN7O3. The molecule has 0 bridgehead atoms. The lowest BCUT2D eigenvalue weighted by Gasteiger charge is -2.36. The van der Waals surface area contributed by atoms with Crippen LogP contribution in [-0.4, -0.2) is 101 Å². The third-order valence-corrected chi connectivity index (χ3v) is 7.27. The van der Waals surface area contributed by atoms with Gasteiger partial charge < -0.3 is 48.3 Å². The van der Waals surface area contributed by atoms with E-state index in [9.17, 15) is 18.4 Å². The summed E-state index contributed by atoms with van der Waals surface area (Å²) in [6.45, 7) is 2.18. The molecule has 10 nitrogen and oxygen atoms in total. The lowest BCUT2D eigenvalue weighted by atomic mass is 10.1. The van der Waals surface area contributed by atoms with Gasteiger partial charge in [0.05, 0.1) is 50.7 Å². The molecule has 0 spiro atoms. The molecule has 5 rings (SSSR count). The van der Waals surface area contributed by atoms with Gasteiger partial charge in [-0.3, -0.25) is 14.0 Å². The van der Waals surface area contributed by atoms with Gasteiger partial charge in [0, 0.05) is 49.8 Å². The van der Waals surface area contributed by atoms with Crippen LogP contribution in [0, 0.1) is 11.6 Å². The van der Waals surface area contributed by atoms with Crippen LogP contribution in [0.25, 0.3) is 16.9 Å². The molecule has 228 valence electrons. The average Bonchev–Trinajstić information content (AvgIpc) is 3.38. The number of likely N-dealkylation sites (N-methyl/N-ethyl adjacent to an activating group) is 1.